The van der Waals surface area contributed by atoms with Crippen LogP contribution in [0.3, 0.4) is 0 Å². The summed E-state index contributed by atoms with van der Waals surface area (Å²) in [6.45, 7) is 3.55. The van der Waals surface area contributed by atoms with E-state index in [0.717, 1.165) is 18.6 Å². The fourth-order valence-electron chi connectivity index (χ4n) is 1.69. The molecule has 0 aliphatic carbocycles. The molecule has 1 aromatic rings. The molecule has 0 unspecified atom stereocenters. The van der Waals surface area contributed by atoms with Crippen molar-refractivity contribution in [2.24, 2.45) is 0 Å². The van der Waals surface area contributed by atoms with Gasteiger partial charge in [0, 0.05) is 12.2 Å². The quantitative estimate of drug-likeness (QED) is 0.540. The second-order valence-corrected chi connectivity index (χ2v) is 4.21. The minimum absolute atomic E-state index is 0.0258. The van der Waals surface area contributed by atoms with Crippen LogP contribution in [0.4, 0.5) is 0 Å². The maximum atomic E-state index is 9.56. The molecule has 3 heteroatoms. The van der Waals surface area contributed by atoms with E-state index in [-0.39, 0.29) is 11.5 Å². The molecule has 17 heavy (non-hydrogen) atoms. The Morgan fingerprint density at radius 1 is 1.06 bits per heavy atom. The Balaban J connectivity index is 2.16. The molecule has 0 amide bonds. The van der Waals surface area contributed by atoms with Gasteiger partial charge in [0.2, 0.25) is 0 Å². The molecule has 96 valence electrons. The molecule has 2 N–H and O–H groups in total. The molecule has 0 saturated heterocycles. The summed E-state index contributed by atoms with van der Waals surface area (Å²) in [7, 11) is 0. The van der Waals surface area contributed by atoms with Gasteiger partial charge in [-0.15, -0.1) is 0 Å². The minimum atomic E-state index is -0.0644. The third kappa shape index (κ3) is 5.09. The summed E-state index contributed by atoms with van der Waals surface area (Å²) < 4.78 is 5.49. The lowest BCUT2D eigenvalue weighted by molar-refractivity contribution is 0.132. The Kier molecular flexibility index (Phi) is 6.48. The highest BCUT2D eigenvalue weighted by atomic mass is 16.5. The first-order chi connectivity index (χ1) is 8.25. The summed E-state index contributed by atoms with van der Waals surface area (Å²) in [6.07, 6.45) is 5.44. The van der Waals surface area contributed by atoms with Gasteiger partial charge in [0.25, 0.3) is 0 Å². The van der Waals surface area contributed by atoms with Crippen molar-refractivity contribution in [2.45, 2.75) is 39.0 Å². The van der Waals surface area contributed by atoms with Gasteiger partial charge in [0.1, 0.15) is 0 Å². The van der Waals surface area contributed by atoms with E-state index in [1.165, 1.54) is 25.3 Å². The maximum Gasteiger partial charge on any atom is 0.160 e. The van der Waals surface area contributed by atoms with Gasteiger partial charge in [0.15, 0.2) is 11.5 Å². The van der Waals surface area contributed by atoms with Gasteiger partial charge in [-0.25, -0.2) is 0 Å². The van der Waals surface area contributed by atoms with Crippen molar-refractivity contribution < 1.29 is 14.9 Å². The summed E-state index contributed by atoms with van der Waals surface area (Å²) in [5.41, 5.74) is 0.735. The van der Waals surface area contributed by atoms with Crippen LogP contribution in [0, 0.1) is 0 Å². The summed E-state index contributed by atoms with van der Waals surface area (Å²) in [6, 6.07) is 5.01. The number of rotatable bonds is 8. The number of phenols is 2. The van der Waals surface area contributed by atoms with Gasteiger partial charge < -0.3 is 14.9 Å². The van der Waals surface area contributed by atoms with E-state index in [0.29, 0.717) is 13.0 Å². The molecule has 0 saturated carbocycles. The van der Waals surface area contributed by atoms with Gasteiger partial charge in [-0.1, -0.05) is 38.3 Å². The van der Waals surface area contributed by atoms with Crippen LogP contribution in [-0.4, -0.2) is 23.4 Å². The van der Waals surface area contributed by atoms with E-state index >= 15 is 0 Å². The van der Waals surface area contributed by atoms with Crippen molar-refractivity contribution in [1.29, 1.82) is 0 Å². The highest BCUT2D eigenvalue weighted by Crippen LogP contribution is 2.28. The predicted molar refractivity (Wildman–Crippen MR) is 68.4 cm³/mol. The average Bonchev–Trinajstić information content (AvgIpc) is 2.33. The standard InChI is InChI=1S/C14H22O3/c1-2-3-4-5-10-17-11-9-12-7-6-8-13(15)14(12)16/h6-8,15-16H,2-5,9-11H2,1H3. The van der Waals surface area contributed by atoms with Gasteiger partial charge in [0.05, 0.1) is 6.61 Å². The lowest BCUT2D eigenvalue weighted by atomic mass is 10.1. The largest absolute Gasteiger partial charge is 0.504 e. The van der Waals surface area contributed by atoms with Crippen molar-refractivity contribution in [3.8, 4) is 11.5 Å². The monoisotopic (exact) mass is 238 g/mol. The first-order valence-electron chi connectivity index (χ1n) is 6.33. The van der Waals surface area contributed by atoms with Crippen LogP contribution >= 0.6 is 0 Å². The molecule has 0 spiro atoms. The van der Waals surface area contributed by atoms with Gasteiger partial charge in [-0.3, -0.25) is 0 Å². The van der Waals surface area contributed by atoms with Crippen LogP contribution in [0.5, 0.6) is 11.5 Å². The molecule has 1 aromatic carbocycles. The Morgan fingerprint density at radius 3 is 2.65 bits per heavy atom. The van der Waals surface area contributed by atoms with Crippen LogP contribution in [0.1, 0.15) is 38.2 Å². The molecule has 0 bridgehead atoms. The first kappa shape index (κ1) is 13.8. The Hall–Kier alpha value is -1.22. The van der Waals surface area contributed by atoms with Crippen LogP contribution < -0.4 is 0 Å². The zero-order valence-corrected chi connectivity index (χ0v) is 10.5. The second kappa shape index (κ2) is 7.96. The fourth-order valence-corrected chi connectivity index (χ4v) is 1.69. The molecular weight excluding hydrogens is 216 g/mol. The van der Waals surface area contributed by atoms with Crippen molar-refractivity contribution in [3.05, 3.63) is 23.8 Å². The third-order valence-corrected chi connectivity index (χ3v) is 2.76. The van der Waals surface area contributed by atoms with Gasteiger partial charge >= 0.3 is 0 Å². The van der Waals surface area contributed by atoms with E-state index in [9.17, 15) is 10.2 Å². The molecule has 0 aliphatic heterocycles. The van der Waals surface area contributed by atoms with Crippen molar-refractivity contribution in [1.82, 2.24) is 0 Å². The van der Waals surface area contributed by atoms with E-state index < -0.39 is 0 Å². The number of ether oxygens (including phenoxy) is 1. The lowest BCUT2D eigenvalue weighted by Gasteiger charge is -2.07. The molecular formula is C14H22O3. The molecule has 3 nitrogen and oxygen atoms in total. The molecule has 1 rings (SSSR count). The second-order valence-electron chi connectivity index (χ2n) is 4.21. The zero-order chi connectivity index (χ0) is 12.5. The third-order valence-electron chi connectivity index (χ3n) is 2.76. The van der Waals surface area contributed by atoms with E-state index in [4.69, 9.17) is 4.74 Å². The zero-order valence-electron chi connectivity index (χ0n) is 10.5. The topological polar surface area (TPSA) is 49.7 Å². The van der Waals surface area contributed by atoms with Crippen molar-refractivity contribution >= 4 is 0 Å². The Bertz CT molecular complexity index is 323. The normalized spacial score (nSPS) is 10.6. The summed E-state index contributed by atoms with van der Waals surface area (Å²) in [5, 5.41) is 18.9. The number of hydrogen-bond acceptors (Lipinski definition) is 3. The Morgan fingerprint density at radius 2 is 1.88 bits per heavy atom. The number of para-hydroxylation sites is 1. The smallest absolute Gasteiger partial charge is 0.160 e. The fraction of sp³-hybridized carbons (Fsp3) is 0.571. The van der Waals surface area contributed by atoms with E-state index in [2.05, 4.69) is 6.92 Å². The number of phenolic OH excluding ortho intramolecular Hbond substituents is 2. The van der Waals surface area contributed by atoms with Crippen LogP contribution in [0.15, 0.2) is 18.2 Å². The minimum Gasteiger partial charge on any atom is -0.504 e. The summed E-state index contributed by atoms with van der Waals surface area (Å²) >= 11 is 0. The van der Waals surface area contributed by atoms with Crippen molar-refractivity contribution in [2.75, 3.05) is 13.2 Å². The molecule has 0 radical (unpaired) electrons. The molecule has 0 aromatic heterocycles. The SMILES string of the molecule is CCCCCCOCCc1cccc(O)c1O. The number of unbranched alkanes of at least 4 members (excludes halogenated alkanes) is 3. The van der Waals surface area contributed by atoms with E-state index in [1.54, 1.807) is 12.1 Å². The average molecular weight is 238 g/mol. The Labute approximate surface area is 103 Å². The maximum absolute atomic E-state index is 9.56. The lowest BCUT2D eigenvalue weighted by Crippen LogP contribution is -2.00. The number of benzene rings is 1. The first-order valence-corrected chi connectivity index (χ1v) is 6.33. The van der Waals surface area contributed by atoms with Gasteiger partial charge in [-0.2, -0.15) is 0 Å². The highest BCUT2D eigenvalue weighted by molar-refractivity contribution is 5.44. The summed E-state index contributed by atoms with van der Waals surface area (Å²) in [5.74, 6) is -0.0903. The molecule has 0 atom stereocenters. The summed E-state index contributed by atoms with van der Waals surface area (Å²) in [4.78, 5) is 0. The van der Waals surface area contributed by atoms with Crippen LogP contribution in [0.2, 0.25) is 0 Å². The predicted octanol–water partition coefficient (Wildman–Crippen LogP) is 3.24. The van der Waals surface area contributed by atoms with Crippen molar-refractivity contribution in [3.63, 3.8) is 0 Å². The van der Waals surface area contributed by atoms with Gasteiger partial charge in [-0.05, 0) is 18.9 Å². The highest BCUT2D eigenvalue weighted by Gasteiger charge is 2.04. The number of aromatic hydroxyl groups is 2. The molecule has 0 heterocycles. The molecule has 0 aliphatic rings. The van der Waals surface area contributed by atoms with E-state index in [1.807, 2.05) is 0 Å². The van der Waals surface area contributed by atoms with Crippen LogP contribution in [0.25, 0.3) is 0 Å². The van der Waals surface area contributed by atoms with Crippen LogP contribution in [-0.2, 0) is 11.2 Å². The molecule has 0 fully saturated rings. The number of hydrogen-bond donors (Lipinski definition) is 2.